The molecule has 0 radical (unpaired) electrons. The van der Waals surface area contributed by atoms with Gasteiger partial charge in [-0.15, -0.1) is 0 Å². The number of hydrogen-bond donors (Lipinski definition) is 1. The van der Waals surface area contributed by atoms with E-state index in [1.54, 1.807) is 31.2 Å². The van der Waals surface area contributed by atoms with Crippen LogP contribution in [0.1, 0.15) is 18.1 Å². The van der Waals surface area contributed by atoms with Crippen molar-refractivity contribution >= 4 is 9.84 Å². The molecule has 3 nitrogen and oxygen atoms in total. The molecule has 0 aromatic heterocycles. The van der Waals surface area contributed by atoms with Gasteiger partial charge in [-0.2, -0.15) is 0 Å². The zero-order chi connectivity index (χ0) is 15.3. The molecule has 0 bridgehead atoms. The Morgan fingerprint density at radius 2 is 1.67 bits per heavy atom. The first kappa shape index (κ1) is 15.3. The van der Waals surface area contributed by atoms with E-state index < -0.39 is 9.84 Å². The van der Waals surface area contributed by atoms with Crippen LogP contribution in [0.3, 0.4) is 0 Å². The Morgan fingerprint density at radius 1 is 1.05 bits per heavy atom. The van der Waals surface area contributed by atoms with Gasteiger partial charge in [-0.05, 0) is 31.5 Å². The normalized spacial score (nSPS) is 12.2. The van der Waals surface area contributed by atoms with Crippen molar-refractivity contribution in [3.63, 3.8) is 0 Å². The van der Waals surface area contributed by atoms with Crippen molar-refractivity contribution in [2.75, 3.05) is 0 Å². The fraction of sp³-hybridized carbons (Fsp3) is 0.176. The van der Waals surface area contributed by atoms with E-state index in [4.69, 9.17) is 0 Å². The van der Waals surface area contributed by atoms with Crippen LogP contribution in [-0.4, -0.2) is 8.42 Å². The molecule has 2 aromatic carbocycles. The summed E-state index contributed by atoms with van der Waals surface area (Å²) in [6, 6.07) is 16.7. The maximum atomic E-state index is 12.2. The number of sulfone groups is 1. The van der Waals surface area contributed by atoms with Gasteiger partial charge in [0.25, 0.3) is 0 Å². The third kappa shape index (κ3) is 4.46. The van der Waals surface area contributed by atoms with Crippen molar-refractivity contribution < 1.29 is 8.42 Å². The van der Waals surface area contributed by atoms with Gasteiger partial charge in [0.05, 0.1) is 10.3 Å². The highest BCUT2D eigenvalue weighted by atomic mass is 32.2. The molecule has 21 heavy (non-hydrogen) atoms. The topological polar surface area (TPSA) is 46.2 Å². The Balaban J connectivity index is 2.08. The lowest BCUT2D eigenvalue weighted by atomic mass is 10.2. The average molecular weight is 301 g/mol. The summed E-state index contributed by atoms with van der Waals surface area (Å²) in [7, 11) is -3.41. The summed E-state index contributed by atoms with van der Waals surface area (Å²) < 4.78 is 24.5. The molecule has 0 saturated heterocycles. The number of hydrogen-bond acceptors (Lipinski definition) is 3. The molecule has 0 aliphatic carbocycles. The van der Waals surface area contributed by atoms with Crippen LogP contribution in [0.2, 0.25) is 0 Å². The first-order valence-corrected chi connectivity index (χ1v) is 8.30. The molecule has 0 heterocycles. The molecule has 0 saturated carbocycles. The minimum atomic E-state index is -3.41. The highest BCUT2D eigenvalue weighted by molar-refractivity contribution is 7.94. The molecule has 2 aromatic rings. The molecule has 1 N–H and O–H groups in total. The molecule has 0 aliphatic heterocycles. The van der Waals surface area contributed by atoms with E-state index in [0.717, 1.165) is 11.1 Å². The van der Waals surface area contributed by atoms with Gasteiger partial charge in [-0.3, -0.25) is 0 Å². The van der Waals surface area contributed by atoms with Gasteiger partial charge in [0.15, 0.2) is 0 Å². The van der Waals surface area contributed by atoms with Gasteiger partial charge in [0.1, 0.15) is 0 Å². The number of aryl methyl sites for hydroxylation is 1. The van der Waals surface area contributed by atoms with Crippen LogP contribution in [0.25, 0.3) is 0 Å². The zero-order valence-electron chi connectivity index (χ0n) is 12.2. The molecule has 110 valence electrons. The van der Waals surface area contributed by atoms with Gasteiger partial charge in [0.2, 0.25) is 9.84 Å². The molecule has 2 rings (SSSR count). The summed E-state index contributed by atoms with van der Waals surface area (Å²) >= 11 is 0. The summed E-state index contributed by atoms with van der Waals surface area (Å²) in [5.74, 6) is 0. The SMILES string of the molecule is CC(=CS(=O)(=O)c1ccc(C)cc1)NCc1ccccc1. The molecular formula is C17H19NO2S. The predicted octanol–water partition coefficient (Wildman–Crippen LogP) is 3.42. The smallest absolute Gasteiger partial charge is 0.201 e. The average Bonchev–Trinajstić information content (AvgIpc) is 2.46. The van der Waals surface area contributed by atoms with E-state index in [1.165, 1.54) is 5.41 Å². The van der Waals surface area contributed by atoms with Crippen molar-refractivity contribution in [1.82, 2.24) is 5.32 Å². The van der Waals surface area contributed by atoms with Gasteiger partial charge < -0.3 is 5.32 Å². The third-order valence-corrected chi connectivity index (χ3v) is 4.69. The van der Waals surface area contributed by atoms with Crippen LogP contribution < -0.4 is 5.32 Å². The highest BCUT2D eigenvalue weighted by Gasteiger charge is 2.11. The maximum Gasteiger partial charge on any atom is 0.201 e. The molecule has 0 atom stereocenters. The zero-order valence-corrected chi connectivity index (χ0v) is 13.0. The summed E-state index contributed by atoms with van der Waals surface area (Å²) in [6.07, 6.45) is 0. The molecule has 0 fully saturated rings. The van der Waals surface area contributed by atoms with Crippen LogP contribution >= 0.6 is 0 Å². The number of nitrogens with one attached hydrogen (secondary N) is 1. The summed E-state index contributed by atoms with van der Waals surface area (Å²) in [4.78, 5) is 0.314. The Kier molecular flexibility index (Phi) is 4.81. The second-order valence-electron chi connectivity index (χ2n) is 5.00. The van der Waals surface area contributed by atoms with Gasteiger partial charge in [-0.1, -0.05) is 48.0 Å². The first-order chi connectivity index (χ1) is 9.97. The third-order valence-electron chi connectivity index (χ3n) is 3.10. The molecule has 0 spiro atoms. The molecular weight excluding hydrogens is 282 g/mol. The molecule has 0 aliphatic rings. The number of benzene rings is 2. The maximum absolute atomic E-state index is 12.2. The van der Waals surface area contributed by atoms with Crippen LogP contribution in [0.15, 0.2) is 70.6 Å². The van der Waals surface area contributed by atoms with E-state index in [1.807, 2.05) is 37.3 Å². The molecule has 0 unspecified atom stereocenters. The number of rotatable bonds is 5. The minimum Gasteiger partial charge on any atom is -0.384 e. The van der Waals surface area contributed by atoms with Crippen LogP contribution in [0, 0.1) is 6.92 Å². The van der Waals surface area contributed by atoms with Crippen molar-refractivity contribution in [1.29, 1.82) is 0 Å². The fourth-order valence-electron chi connectivity index (χ4n) is 1.91. The van der Waals surface area contributed by atoms with E-state index in [0.29, 0.717) is 17.1 Å². The highest BCUT2D eigenvalue weighted by Crippen LogP contribution is 2.14. The molecule has 0 amide bonds. The summed E-state index contributed by atoms with van der Waals surface area (Å²) in [6.45, 7) is 4.29. The predicted molar refractivity (Wildman–Crippen MR) is 85.4 cm³/mol. The van der Waals surface area contributed by atoms with Crippen LogP contribution in [0.4, 0.5) is 0 Å². The van der Waals surface area contributed by atoms with E-state index in [2.05, 4.69) is 5.32 Å². The molecule has 4 heteroatoms. The summed E-state index contributed by atoms with van der Waals surface area (Å²) in [5, 5.41) is 4.40. The Bertz CT molecular complexity index is 717. The van der Waals surface area contributed by atoms with Gasteiger partial charge in [-0.25, -0.2) is 8.42 Å². The van der Waals surface area contributed by atoms with Gasteiger partial charge >= 0.3 is 0 Å². The van der Waals surface area contributed by atoms with Crippen LogP contribution in [0.5, 0.6) is 0 Å². The lowest BCUT2D eigenvalue weighted by molar-refractivity contribution is 0.604. The van der Waals surface area contributed by atoms with E-state index >= 15 is 0 Å². The van der Waals surface area contributed by atoms with Crippen molar-refractivity contribution in [3.05, 3.63) is 76.8 Å². The number of allylic oxidation sites excluding steroid dienone is 1. The fourth-order valence-corrected chi connectivity index (χ4v) is 3.11. The van der Waals surface area contributed by atoms with Crippen LogP contribution in [-0.2, 0) is 16.4 Å². The first-order valence-electron chi connectivity index (χ1n) is 6.75. The quantitative estimate of drug-likeness (QED) is 0.920. The van der Waals surface area contributed by atoms with E-state index in [-0.39, 0.29) is 0 Å². The monoisotopic (exact) mass is 301 g/mol. The second kappa shape index (κ2) is 6.59. The Labute approximate surface area is 126 Å². The Hall–Kier alpha value is -2.07. The second-order valence-corrected chi connectivity index (χ2v) is 6.80. The minimum absolute atomic E-state index is 0.314. The lowest BCUT2D eigenvalue weighted by Crippen LogP contribution is -2.12. The van der Waals surface area contributed by atoms with Gasteiger partial charge in [0, 0.05) is 12.2 Å². The van der Waals surface area contributed by atoms with Crippen molar-refractivity contribution in [2.24, 2.45) is 0 Å². The Morgan fingerprint density at radius 3 is 2.29 bits per heavy atom. The van der Waals surface area contributed by atoms with E-state index in [9.17, 15) is 8.42 Å². The standard InChI is InChI=1S/C17H19NO2S/c1-14-8-10-17(11-9-14)21(19,20)13-15(2)18-12-16-6-4-3-5-7-16/h3-11,13,18H,12H2,1-2H3. The lowest BCUT2D eigenvalue weighted by Gasteiger charge is -2.07. The summed E-state index contributed by atoms with van der Waals surface area (Å²) in [5.41, 5.74) is 2.77. The van der Waals surface area contributed by atoms with Crippen molar-refractivity contribution in [3.8, 4) is 0 Å². The van der Waals surface area contributed by atoms with Crippen molar-refractivity contribution in [2.45, 2.75) is 25.3 Å². The largest absolute Gasteiger partial charge is 0.384 e.